The Morgan fingerprint density at radius 2 is 2.19 bits per heavy atom. The van der Waals surface area contributed by atoms with Gasteiger partial charge >= 0.3 is 6.01 Å². The number of nitrogens with two attached hydrogens (primary N) is 1. The van der Waals surface area contributed by atoms with Crippen LogP contribution in [0.4, 0.5) is 10.4 Å². The van der Waals surface area contributed by atoms with E-state index in [2.05, 4.69) is 26.8 Å². The molecule has 110 valence electrons. The van der Waals surface area contributed by atoms with Gasteiger partial charge in [0.2, 0.25) is 5.89 Å². The molecule has 2 aromatic rings. The lowest BCUT2D eigenvalue weighted by atomic mass is 10.2. The SMILES string of the molecule is Cc1nnc(NS(=O)(=O)c2ccc(F)cc2C#CCN)o1. The molecule has 0 radical (unpaired) electrons. The molecule has 0 aliphatic rings. The molecule has 0 spiro atoms. The third kappa shape index (κ3) is 3.56. The number of hydrogen-bond donors (Lipinski definition) is 2. The molecule has 2 rings (SSSR count). The predicted octanol–water partition coefficient (Wildman–Crippen LogP) is 0.628. The van der Waals surface area contributed by atoms with Crippen LogP contribution in [0.25, 0.3) is 0 Å². The molecule has 0 bridgehead atoms. The molecule has 7 nitrogen and oxygen atoms in total. The summed E-state index contributed by atoms with van der Waals surface area (Å²) in [7, 11) is -4.03. The van der Waals surface area contributed by atoms with Gasteiger partial charge in [-0.15, -0.1) is 5.10 Å². The second kappa shape index (κ2) is 5.90. The lowest BCUT2D eigenvalue weighted by Crippen LogP contribution is -2.15. The summed E-state index contributed by atoms with van der Waals surface area (Å²) in [6.45, 7) is 1.53. The molecule has 0 aliphatic heterocycles. The fraction of sp³-hybridized carbons (Fsp3) is 0.167. The molecule has 21 heavy (non-hydrogen) atoms. The van der Waals surface area contributed by atoms with Crippen LogP contribution in [-0.4, -0.2) is 25.2 Å². The molecule has 0 amide bonds. The Balaban J connectivity index is 2.44. The zero-order valence-corrected chi connectivity index (χ0v) is 11.7. The first kappa shape index (κ1) is 15.0. The van der Waals surface area contributed by atoms with Crippen molar-refractivity contribution in [2.45, 2.75) is 11.8 Å². The highest BCUT2D eigenvalue weighted by atomic mass is 32.2. The van der Waals surface area contributed by atoms with E-state index in [1.165, 1.54) is 6.92 Å². The van der Waals surface area contributed by atoms with Crippen LogP contribution in [0.5, 0.6) is 0 Å². The van der Waals surface area contributed by atoms with Crippen molar-refractivity contribution in [2.75, 3.05) is 11.3 Å². The van der Waals surface area contributed by atoms with Crippen molar-refractivity contribution in [1.29, 1.82) is 0 Å². The maximum absolute atomic E-state index is 13.2. The summed E-state index contributed by atoms with van der Waals surface area (Å²) in [6, 6.07) is 2.84. The number of nitrogens with zero attached hydrogens (tertiary/aromatic N) is 2. The van der Waals surface area contributed by atoms with Crippen molar-refractivity contribution in [3.8, 4) is 11.8 Å². The average molecular weight is 310 g/mol. The molecule has 0 saturated heterocycles. The predicted molar refractivity (Wildman–Crippen MR) is 72.2 cm³/mol. The van der Waals surface area contributed by atoms with Crippen molar-refractivity contribution in [3.63, 3.8) is 0 Å². The molecule has 3 N–H and O–H groups in total. The van der Waals surface area contributed by atoms with Crippen LogP contribution in [0.1, 0.15) is 11.5 Å². The van der Waals surface area contributed by atoms with Crippen molar-refractivity contribution in [2.24, 2.45) is 5.73 Å². The van der Waals surface area contributed by atoms with E-state index in [1.807, 2.05) is 0 Å². The van der Waals surface area contributed by atoms with Crippen LogP contribution in [0, 0.1) is 24.6 Å². The summed E-state index contributed by atoms with van der Waals surface area (Å²) >= 11 is 0. The fourth-order valence-electron chi connectivity index (χ4n) is 1.49. The first-order valence-electron chi connectivity index (χ1n) is 5.74. The molecule has 0 atom stereocenters. The van der Waals surface area contributed by atoms with E-state index >= 15 is 0 Å². The summed E-state index contributed by atoms with van der Waals surface area (Å²) in [5.74, 6) is 4.59. The smallest absolute Gasteiger partial charge is 0.329 e. The average Bonchev–Trinajstić information content (AvgIpc) is 2.80. The number of rotatable bonds is 3. The molecule has 0 fully saturated rings. The van der Waals surface area contributed by atoms with E-state index in [-0.39, 0.29) is 28.9 Å². The monoisotopic (exact) mass is 310 g/mol. The van der Waals surface area contributed by atoms with Gasteiger partial charge in [0, 0.05) is 12.5 Å². The van der Waals surface area contributed by atoms with Crippen molar-refractivity contribution in [3.05, 3.63) is 35.5 Å². The maximum atomic E-state index is 13.2. The number of aryl methyl sites for hydroxylation is 1. The Morgan fingerprint density at radius 1 is 1.43 bits per heavy atom. The van der Waals surface area contributed by atoms with Crippen LogP contribution in [0.2, 0.25) is 0 Å². The maximum Gasteiger partial charge on any atom is 0.329 e. The Kier molecular flexibility index (Phi) is 4.21. The highest BCUT2D eigenvalue weighted by molar-refractivity contribution is 7.92. The molecular formula is C12H11FN4O3S. The minimum atomic E-state index is -4.03. The number of anilines is 1. The first-order chi connectivity index (χ1) is 9.92. The largest absolute Gasteiger partial charge is 0.408 e. The Labute approximate surface area is 120 Å². The third-order valence-electron chi connectivity index (χ3n) is 2.30. The van der Waals surface area contributed by atoms with Gasteiger partial charge in [0.25, 0.3) is 10.0 Å². The molecule has 0 unspecified atom stereocenters. The van der Waals surface area contributed by atoms with Gasteiger partial charge in [0.15, 0.2) is 0 Å². The fourth-order valence-corrected chi connectivity index (χ4v) is 2.56. The second-order valence-corrected chi connectivity index (χ2v) is 5.53. The Hall–Kier alpha value is -2.44. The second-order valence-electron chi connectivity index (χ2n) is 3.88. The van der Waals surface area contributed by atoms with E-state index in [0.717, 1.165) is 18.2 Å². The van der Waals surface area contributed by atoms with Gasteiger partial charge in [-0.05, 0) is 18.2 Å². The number of halogens is 1. The van der Waals surface area contributed by atoms with E-state index in [1.54, 1.807) is 0 Å². The zero-order chi connectivity index (χ0) is 15.5. The van der Waals surface area contributed by atoms with Crippen LogP contribution < -0.4 is 10.5 Å². The molecule has 1 aromatic carbocycles. The number of aromatic nitrogens is 2. The van der Waals surface area contributed by atoms with Gasteiger partial charge in [-0.3, -0.25) is 0 Å². The number of hydrogen-bond acceptors (Lipinski definition) is 6. The lowest BCUT2D eigenvalue weighted by molar-refractivity contribution is 0.534. The van der Waals surface area contributed by atoms with Crippen LogP contribution in [-0.2, 0) is 10.0 Å². The summed E-state index contributed by atoms with van der Waals surface area (Å²) in [5, 5.41) is 7.03. The van der Waals surface area contributed by atoms with Gasteiger partial charge < -0.3 is 10.2 Å². The minimum Gasteiger partial charge on any atom is -0.408 e. The quantitative estimate of drug-likeness (QED) is 0.804. The van der Waals surface area contributed by atoms with Gasteiger partial charge in [0.1, 0.15) is 10.7 Å². The number of sulfonamides is 1. The van der Waals surface area contributed by atoms with Gasteiger partial charge in [-0.2, -0.15) is 0 Å². The zero-order valence-electron chi connectivity index (χ0n) is 10.9. The highest BCUT2D eigenvalue weighted by Crippen LogP contribution is 2.19. The van der Waals surface area contributed by atoms with Crippen molar-refractivity contribution >= 4 is 16.0 Å². The third-order valence-corrected chi connectivity index (χ3v) is 3.68. The van der Waals surface area contributed by atoms with Crippen molar-refractivity contribution in [1.82, 2.24) is 10.2 Å². The van der Waals surface area contributed by atoms with Gasteiger partial charge in [-0.25, -0.2) is 17.5 Å². The van der Waals surface area contributed by atoms with Gasteiger partial charge in [-0.1, -0.05) is 16.9 Å². The first-order valence-corrected chi connectivity index (χ1v) is 7.22. The Morgan fingerprint density at radius 3 is 2.81 bits per heavy atom. The molecule has 0 saturated carbocycles. The van der Waals surface area contributed by atoms with Crippen molar-refractivity contribution < 1.29 is 17.2 Å². The Bertz CT molecular complexity index is 821. The van der Waals surface area contributed by atoms with E-state index < -0.39 is 15.8 Å². The van der Waals surface area contributed by atoms with Crippen LogP contribution in [0.3, 0.4) is 0 Å². The summed E-state index contributed by atoms with van der Waals surface area (Å²) < 4.78 is 44.8. The van der Waals surface area contributed by atoms with E-state index in [9.17, 15) is 12.8 Å². The summed E-state index contributed by atoms with van der Waals surface area (Å²) in [5.41, 5.74) is 5.22. The molecule has 1 aromatic heterocycles. The molecule has 1 heterocycles. The normalized spacial score (nSPS) is 10.8. The van der Waals surface area contributed by atoms with Crippen LogP contribution in [0.15, 0.2) is 27.5 Å². The molecular weight excluding hydrogens is 299 g/mol. The summed E-state index contributed by atoms with van der Waals surface area (Å²) in [4.78, 5) is -0.208. The summed E-state index contributed by atoms with van der Waals surface area (Å²) in [6.07, 6.45) is 0. The van der Waals surface area contributed by atoms with E-state index in [4.69, 9.17) is 10.2 Å². The molecule has 0 aliphatic carbocycles. The molecule has 9 heteroatoms. The van der Waals surface area contributed by atoms with Gasteiger partial charge in [0.05, 0.1) is 6.54 Å². The standard InChI is InChI=1S/C12H11FN4O3S/c1-8-15-16-12(20-8)17-21(18,19)11-5-4-10(13)7-9(11)3-2-6-14/h4-5,7H,6,14H2,1H3,(H,16,17). The topological polar surface area (TPSA) is 111 Å². The number of nitrogens with one attached hydrogen (secondary N) is 1. The van der Waals surface area contributed by atoms with Crippen LogP contribution >= 0.6 is 0 Å². The van der Waals surface area contributed by atoms with E-state index in [0.29, 0.717) is 0 Å². The highest BCUT2D eigenvalue weighted by Gasteiger charge is 2.21. The number of benzene rings is 1. The minimum absolute atomic E-state index is 0.0100. The lowest BCUT2D eigenvalue weighted by Gasteiger charge is -2.06.